The molecule has 0 aliphatic heterocycles. The summed E-state index contributed by atoms with van der Waals surface area (Å²) in [4.78, 5) is 28.4. The predicted molar refractivity (Wildman–Crippen MR) is 597 cm³/mol. The Morgan fingerprint density at radius 3 is 0.540 bits per heavy atom. The minimum Gasteiger partial charge on any atom is -0.373 e. The van der Waals surface area contributed by atoms with Crippen LogP contribution in [0.1, 0.15) is 316 Å². The molecule has 0 amide bonds. The molecule has 0 saturated carbocycles. The van der Waals surface area contributed by atoms with Gasteiger partial charge in [0.15, 0.2) is 0 Å². The lowest BCUT2D eigenvalue weighted by atomic mass is 9.83. The molecule has 0 bridgehead atoms. The SMILES string of the molecule is CCCN(C)CCCCN(C)c1c(C(C)(C)C)c(=S)c1=S.CCCN(CC)CCCCN(C)c1c(C(C)(C)C)c(=S)c1=S.CCCN(CCC)CCCCN(C)c1c(C(C)(C)C)c(=S)c1=S.CCN(C)CCCCN(C)c1c(C(C)(C)C)c(=S)c1=S.CCN(CC)CCCCN(C)c1c(C(C)(C)C)c(=S)c1=S.CN(C)CCCCN(C)c1c(C(C)(C)C)c(=S)c1=S. The second-order valence-corrected chi connectivity index (χ2v) is 46.8. The maximum absolute atomic E-state index is 5.49. The molecule has 720 valence electrons. The molecule has 0 spiro atoms. The van der Waals surface area contributed by atoms with Gasteiger partial charge >= 0.3 is 0 Å². The molecule has 0 N–H and O–H groups in total. The Balaban J connectivity index is 0.000000757. The van der Waals surface area contributed by atoms with Gasteiger partial charge in [-0.25, -0.2) is 0 Å². The zero-order chi connectivity index (χ0) is 97.2. The van der Waals surface area contributed by atoms with E-state index in [1.54, 1.807) is 0 Å². The Hall–Kier alpha value is -1.92. The Kier molecular flexibility index (Phi) is 56.0. The highest BCUT2D eigenvalue weighted by Gasteiger charge is 2.34. The Labute approximate surface area is 836 Å². The van der Waals surface area contributed by atoms with E-state index in [1.165, 1.54) is 229 Å². The number of anilines is 6. The van der Waals surface area contributed by atoms with E-state index in [2.05, 4.69) is 309 Å². The highest BCUT2D eigenvalue weighted by atomic mass is 32.1. The van der Waals surface area contributed by atoms with Crippen LogP contribution in [-0.2, 0) is 32.5 Å². The van der Waals surface area contributed by atoms with Crippen LogP contribution in [0.15, 0.2) is 0 Å². The quantitative estimate of drug-likeness (QED) is 0.0269. The summed E-state index contributed by atoms with van der Waals surface area (Å²) in [5, 5.41) is 0. The molecule has 0 aliphatic rings. The van der Waals surface area contributed by atoms with Gasteiger partial charge in [0.2, 0.25) is 0 Å². The van der Waals surface area contributed by atoms with Crippen molar-refractivity contribution in [3.8, 4) is 0 Å². The van der Waals surface area contributed by atoms with E-state index in [0.717, 1.165) is 126 Å². The fraction of sp³-hybridized carbons (Fsp3) is 0.765. The van der Waals surface area contributed by atoms with Crippen LogP contribution in [0.2, 0.25) is 0 Å². The van der Waals surface area contributed by atoms with E-state index in [9.17, 15) is 0 Å². The van der Waals surface area contributed by atoms with E-state index in [0.29, 0.717) is 0 Å². The third-order valence-corrected chi connectivity index (χ3v) is 29.4. The summed E-state index contributed by atoms with van der Waals surface area (Å²) in [6.07, 6.45) is 19.5. The van der Waals surface area contributed by atoms with Crippen molar-refractivity contribution in [2.75, 3.05) is 231 Å². The van der Waals surface area contributed by atoms with Gasteiger partial charge < -0.3 is 58.8 Å². The Morgan fingerprint density at radius 2 is 0.349 bits per heavy atom. The fourth-order valence-corrected chi connectivity index (χ4v) is 21.7. The van der Waals surface area contributed by atoms with Crippen molar-refractivity contribution in [2.45, 2.75) is 315 Å². The van der Waals surface area contributed by atoms with Crippen LogP contribution in [0.5, 0.6) is 0 Å². The molecule has 0 heterocycles. The zero-order valence-corrected chi connectivity index (χ0v) is 96.5. The van der Waals surface area contributed by atoms with Crippen LogP contribution in [0.4, 0.5) is 34.1 Å². The fourth-order valence-electron chi connectivity index (χ4n) is 16.5. The first-order chi connectivity index (χ1) is 58.3. The summed E-state index contributed by atoms with van der Waals surface area (Å²) in [6.45, 7) is 80.5. The Bertz CT molecular complexity index is 4620. The van der Waals surface area contributed by atoms with Crippen LogP contribution in [0, 0.1) is 54.1 Å². The van der Waals surface area contributed by atoms with Crippen LogP contribution in [0.25, 0.3) is 0 Å². The largest absolute Gasteiger partial charge is 0.373 e. The number of hydrogen-bond donors (Lipinski definition) is 0. The van der Waals surface area contributed by atoms with Crippen LogP contribution >= 0.6 is 147 Å². The van der Waals surface area contributed by atoms with Crippen molar-refractivity contribution in [3.63, 3.8) is 0 Å². The summed E-state index contributed by atoms with van der Waals surface area (Å²) >= 11 is 65.4. The van der Waals surface area contributed by atoms with E-state index >= 15 is 0 Å². The maximum atomic E-state index is 5.49. The molecule has 24 heteroatoms. The summed E-state index contributed by atoms with van der Waals surface area (Å²) in [5.74, 6) is 0. The molecule has 12 nitrogen and oxygen atoms in total. The van der Waals surface area contributed by atoms with Gasteiger partial charge in [0, 0.05) is 115 Å². The minimum absolute atomic E-state index is 0.0854. The van der Waals surface area contributed by atoms with Crippen molar-refractivity contribution in [3.05, 3.63) is 87.5 Å². The van der Waals surface area contributed by atoms with E-state index < -0.39 is 0 Å². The number of rotatable bonds is 48. The lowest BCUT2D eigenvalue weighted by Crippen LogP contribution is -2.29. The molecular formula is C102H180N12S12. The Morgan fingerprint density at radius 1 is 0.175 bits per heavy atom. The van der Waals surface area contributed by atoms with Crippen molar-refractivity contribution in [1.29, 1.82) is 0 Å². The molecule has 6 aromatic rings. The first-order valence-corrected chi connectivity index (χ1v) is 52.6. The minimum atomic E-state index is 0.0854. The second kappa shape index (κ2) is 57.8. The average molecular weight is 1960 g/mol. The third kappa shape index (κ3) is 38.3. The molecule has 0 unspecified atom stereocenters. The van der Waals surface area contributed by atoms with E-state index in [4.69, 9.17) is 147 Å². The molecule has 126 heavy (non-hydrogen) atoms. The first kappa shape index (κ1) is 122. The van der Waals surface area contributed by atoms with Gasteiger partial charge in [-0.05, 0) is 255 Å². The lowest BCUT2D eigenvalue weighted by molar-refractivity contribution is 0.269. The highest BCUT2D eigenvalue weighted by molar-refractivity contribution is 7.75. The number of nitrogens with zero attached hydrogens (tertiary/aromatic N) is 12. The number of hydrogen-bond acceptors (Lipinski definition) is 24. The molecule has 6 rings (SSSR count). The molecule has 0 radical (unpaired) electrons. The van der Waals surface area contributed by atoms with Crippen LogP contribution < -0.4 is 29.4 Å². The van der Waals surface area contributed by atoms with Gasteiger partial charge in [-0.3, -0.25) is 0 Å². The standard InChI is InChI=1S/C19H34N2S2.C18H32N2S2.2C17H30N2S2.C16H28N2S2.C15H26N2S2/c1-7-11-21(12-8-2)14-10-9-13-20(6)16-15(19(3,4)5)17(22)18(16)23;1-7-11-20(8-2)13-10-9-12-19(6)15-14(18(3,4)5)16(21)17(15)22;1-7-10-18(5)11-8-9-12-19(6)14-13(17(2,3)4)15(20)16(14)21;1-7-19(8-2)12-10-9-11-18(6)14-13(17(3,4)5)15(20)16(14)21;1-7-17(5)10-8-9-11-18(6)13-12(16(2,3)4)14(19)15(13)20;1-15(2,3)11-12(14(19)13(11)18)17(6)10-8-7-9-16(4)5/h7-14H2,1-6H3;7-13H2,1-6H3;2*7-12H2,1-6H3;7-11H2,1-6H3;7-10H2,1-6H3. The lowest BCUT2D eigenvalue weighted by Gasteiger charge is -2.32. The molecule has 6 aromatic carbocycles. The monoisotopic (exact) mass is 1960 g/mol. The van der Waals surface area contributed by atoms with Gasteiger partial charge in [-0.1, -0.05) is 327 Å². The van der Waals surface area contributed by atoms with Gasteiger partial charge in [0.05, 0.1) is 88.2 Å². The van der Waals surface area contributed by atoms with Gasteiger partial charge in [0.25, 0.3) is 0 Å². The van der Waals surface area contributed by atoms with Gasteiger partial charge in [0.1, 0.15) is 0 Å². The molecule has 0 saturated heterocycles. The summed E-state index contributed by atoms with van der Waals surface area (Å²) in [6, 6.07) is 0. The third-order valence-electron chi connectivity index (χ3n) is 23.8. The summed E-state index contributed by atoms with van der Waals surface area (Å²) in [5.41, 5.74) is 15.4. The normalized spacial score (nSPS) is 12.3. The zero-order valence-electron chi connectivity index (χ0n) is 86.7. The van der Waals surface area contributed by atoms with Crippen molar-refractivity contribution < 1.29 is 0 Å². The molecule has 0 aliphatic carbocycles. The van der Waals surface area contributed by atoms with E-state index in [-0.39, 0.29) is 32.5 Å². The maximum Gasteiger partial charge on any atom is 0.0798 e. The topological polar surface area (TPSA) is 38.9 Å². The molecular weight excluding hydrogens is 1780 g/mol. The second-order valence-electron chi connectivity index (χ2n) is 41.9. The number of unbranched alkanes of at least 4 members (excludes halogenated alkanes) is 6. The summed E-state index contributed by atoms with van der Waals surface area (Å²) < 4.78 is 10.8. The van der Waals surface area contributed by atoms with E-state index in [1.807, 2.05) is 0 Å². The molecule has 0 atom stereocenters. The van der Waals surface area contributed by atoms with Crippen molar-refractivity contribution >= 4 is 181 Å². The summed E-state index contributed by atoms with van der Waals surface area (Å²) in [7, 11) is 21.5. The van der Waals surface area contributed by atoms with Crippen molar-refractivity contribution in [1.82, 2.24) is 29.4 Å². The van der Waals surface area contributed by atoms with Gasteiger partial charge in [-0.2, -0.15) is 0 Å². The first-order valence-electron chi connectivity index (χ1n) is 47.7. The highest BCUT2D eigenvalue weighted by Crippen LogP contribution is 2.45. The smallest absolute Gasteiger partial charge is 0.0798 e. The predicted octanol–water partition coefficient (Wildman–Crippen LogP) is 29.3. The molecule has 0 fully saturated rings. The van der Waals surface area contributed by atoms with Crippen LogP contribution in [-0.4, -0.2) is 231 Å². The average Bonchev–Trinajstić information content (AvgIpc) is 0.781. The van der Waals surface area contributed by atoms with Gasteiger partial charge in [-0.15, -0.1) is 0 Å². The molecule has 0 aromatic heterocycles. The van der Waals surface area contributed by atoms with Crippen LogP contribution in [0.3, 0.4) is 0 Å². The van der Waals surface area contributed by atoms with Crippen molar-refractivity contribution in [2.24, 2.45) is 0 Å².